The minimum absolute atomic E-state index is 0.00258. The predicted octanol–water partition coefficient (Wildman–Crippen LogP) is 1.90. The summed E-state index contributed by atoms with van der Waals surface area (Å²) in [5, 5.41) is 20.0. The molecule has 0 spiro atoms. The first-order chi connectivity index (χ1) is 7.34. The van der Waals surface area contributed by atoms with Crippen molar-refractivity contribution < 1.29 is 5.11 Å². The van der Waals surface area contributed by atoms with Crippen LogP contribution in [0.3, 0.4) is 0 Å². The Morgan fingerprint density at radius 3 is 2.67 bits per heavy atom. The van der Waals surface area contributed by atoms with E-state index in [1.807, 2.05) is 18.2 Å². The average Bonchev–Trinajstić information content (AvgIpc) is 2.66. The third-order valence-electron chi connectivity index (χ3n) is 1.95. The number of aromatic nitrogens is 2. The van der Waals surface area contributed by atoms with Gasteiger partial charge in [0.25, 0.3) is 5.19 Å². The monoisotopic (exact) mass is 221 g/mol. The predicted molar refractivity (Wildman–Crippen MR) is 60.2 cm³/mol. The Morgan fingerprint density at radius 2 is 2.00 bits per heavy atom. The van der Waals surface area contributed by atoms with Gasteiger partial charge < -0.3 is 10.4 Å². The molecule has 1 aromatic heterocycles. The lowest BCUT2D eigenvalue weighted by Crippen LogP contribution is -2.04. The van der Waals surface area contributed by atoms with Gasteiger partial charge in [-0.2, -0.15) is 0 Å². The lowest BCUT2D eigenvalue weighted by Gasteiger charge is -2.01. The Kier molecular flexibility index (Phi) is 3.14. The second kappa shape index (κ2) is 4.75. The zero-order valence-corrected chi connectivity index (χ0v) is 8.87. The number of aromatic hydroxyl groups is 1. The molecule has 0 fully saturated rings. The van der Waals surface area contributed by atoms with Crippen LogP contribution in [-0.2, 0) is 6.42 Å². The Morgan fingerprint density at radius 1 is 1.20 bits per heavy atom. The molecule has 2 rings (SSSR count). The highest BCUT2D eigenvalue weighted by Crippen LogP contribution is 2.19. The summed E-state index contributed by atoms with van der Waals surface area (Å²) in [6, 6.07) is 10.2. The molecule has 0 aliphatic rings. The molecule has 0 saturated heterocycles. The van der Waals surface area contributed by atoms with Gasteiger partial charge in [0.1, 0.15) is 0 Å². The molecule has 0 amide bonds. The van der Waals surface area contributed by atoms with Crippen molar-refractivity contribution in [2.24, 2.45) is 0 Å². The largest absolute Gasteiger partial charge is 0.484 e. The summed E-state index contributed by atoms with van der Waals surface area (Å²) in [6.45, 7) is 0.790. The summed E-state index contributed by atoms with van der Waals surface area (Å²) in [5.74, 6) is 0. The van der Waals surface area contributed by atoms with E-state index in [9.17, 15) is 0 Å². The molecule has 4 nitrogen and oxygen atoms in total. The van der Waals surface area contributed by atoms with E-state index < -0.39 is 0 Å². The Balaban J connectivity index is 1.80. The number of nitrogens with zero attached hydrogens (tertiary/aromatic N) is 2. The number of hydrogen-bond donors (Lipinski definition) is 2. The maximum Gasteiger partial charge on any atom is 0.293 e. The van der Waals surface area contributed by atoms with Crippen molar-refractivity contribution >= 4 is 16.5 Å². The van der Waals surface area contributed by atoms with Gasteiger partial charge in [-0.3, -0.25) is 0 Å². The van der Waals surface area contributed by atoms with Crippen LogP contribution in [0.2, 0.25) is 0 Å². The average molecular weight is 221 g/mol. The van der Waals surface area contributed by atoms with Crippen LogP contribution >= 0.6 is 11.3 Å². The molecule has 0 bridgehead atoms. The van der Waals surface area contributed by atoms with E-state index in [4.69, 9.17) is 5.11 Å². The highest BCUT2D eigenvalue weighted by Gasteiger charge is 2.00. The van der Waals surface area contributed by atoms with Crippen molar-refractivity contribution in [3.63, 3.8) is 0 Å². The highest BCUT2D eigenvalue weighted by molar-refractivity contribution is 7.16. The van der Waals surface area contributed by atoms with E-state index >= 15 is 0 Å². The van der Waals surface area contributed by atoms with Crippen LogP contribution in [0.4, 0.5) is 5.13 Å². The minimum Gasteiger partial charge on any atom is -0.484 e. The number of anilines is 1. The lowest BCUT2D eigenvalue weighted by atomic mass is 10.2. The highest BCUT2D eigenvalue weighted by atomic mass is 32.1. The van der Waals surface area contributed by atoms with Crippen molar-refractivity contribution in [2.45, 2.75) is 6.42 Å². The summed E-state index contributed by atoms with van der Waals surface area (Å²) in [5.41, 5.74) is 1.28. The molecule has 0 saturated carbocycles. The topological polar surface area (TPSA) is 58.0 Å². The molecule has 2 N–H and O–H groups in total. The van der Waals surface area contributed by atoms with Gasteiger partial charge in [0.15, 0.2) is 0 Å². The van der Waals surface area contributed by atoms with E-state index in [2.05, 4.69) is 27.6 Å². The van der Waals surface area contributed by atoms with Crippen LogP contribution in [0.15, 0.2) is 30.3 Å². The van der Waals surface area contributed by atoms with E-state index in [1.165, 1.54) is 5.56 Å². The molecule has 0 unspecified atom stereocenters. The van der Waals surface area contributed by atoms with Crippen LogP contribution in [-0.4, -0.2) is 21.8 Å². The van der Waals surface area contributed by atoms with Gasteiger partial charge in [0, 0.05) is 6.54 Å². The van der Waals surface area contributed by atoms with Gasteiger partial charge in [0.2, 0.25) is 5.13 Å². The van der Waals surface area contributed by atoms with Crippen molar-refractivity contribution in [1.29, 1.82) is 0 Å². The Hall–Kier alpha value is -1.62. The van der Waals surface area contributed by atoms with Crippen molar-refractivity contribution in [3.05, 3.63) is 35.9 Å². The molecule has 2 aromatic rings. The number of benzene rings is 1. The molecular weight excluding hydrogens is 210 g/mol. The molecule has 0 aliphatic carbocycles. The molecule has 0 radical (unpaired) electrons. The van der Waals surface area contributed by atoms with Gasteiger partial charge in [-0.25, -0.2) is 0 Å². The molecule has 1 heterocycles. The summed E-state index contributed by atoms with van der Waals surface area (Å²) < 4.78 is 0. The third-order valence-corrected chi connectivity index (χ3v) is 2.63. The van der Waals surface area contributed by atoms with Crippen LogP contribution in [0.5, 0.6) is 5.19 Å². The Labute approximate surface area is 91.6 Å². The molecule has 0 aliphatic heterocycles. The summed E-state index contributed by atoms with van der Waals surface area (Å²) in [7, 11) is 0. The van der Waals surface area contributed by atoms with Crippen LogP contribution in [0, 0.1) is 0 Å². The van der Waals surface area contributed by atoms with E-state index in [-0.39, 0.29) is 5.19 Å². The van der Waals surface area contributed by atoms with Crippen LogP contribution in [0.1, 0.15) is 5.56 Å². The Bertz CT molecular complexity index is 416. The zero-order valence-electron chi connectivity index (χ0n) is 8.05. The van der Waals surface area contributed by atoms with E-state index in [1.54, 1.807) is 0 Å². The minimum atomic E-state index is -0.00258. The first-order valence-electron chi connectivity index (χ1n) is 4.65. The fraction of sp³-hybridized carbons (Fsp3) is 0.200. The smallest absolute Gasteiger partial charge is 0.293 e. The normalized spacial score (nSPS) is 10.1. The molecule has 0 atom stereocenters. The van der Waals surface area contributed by atoms with E-state index in [0.29, 0.717) is 5.13 Å². The lowest BCUT2D eigenvalue weighted by molar-refractivity contribution is 0.465. The number of rotatable bonds is 4. The maximum absolute atomic E-state index is 8.97. The quantitative estimate of drug-likeness (QED) is 0.828. The van der Waals surface area contributed by atoms with Gasteiger partial charge >= 0.3 is 0 Å². The number of hydrogen-bond acceptors (Lipinski definition) is 5. The van der Waals surface area contributed by atoms with Crippen LogP contribution < -0.4 is 5.32 Å². The SMILES string of the molecule is Oc1nnc(NCCc2ccccc2)s1. The third kappa shape index (κ3) is 2.92. The fourth-order valence-corrected chi connectivity index (χ4v) is 1.76. The summed E-state index contributed by atoms with van der Waals surface area (Å²) >= 11 is 1.15. The van der Waals surface area contributed by atoms with Gasteiger partial charge in [0.05, 0.1) is 0 Å². The summed E-state index contributed by atoms with van der Waals surface area (Å²) in [6.07, 6.45) is 0.932. The van der Waals surface area contributed by atoms with Gasteiger partial charge in [-0.15, -0.1) is 5.10 Å². The first kappa shape index (κ1) is 9.92. The standard InChI is InChI=1S/C10H11N3OS/c14-10-13-12-9(15-10)11-7-6-8-4-2-1-3-5-8/h1-5H,6-7H2,(H,11,12)(H,13,14). The molecule has 1 aromatic carbocycles. The van der Waals surface area contributed by atoms with Crippen molar-refractivity contribution in [3.8, 4) is 5.19 Å². The van der Waals surface area contributed by atoms with Crippen molar-refractivity contribution in [2.75, 3.05) is 11.9 Å². The van der Waals surface area contributed by atoms with Crippen LogP contribution in [0.25, 0.3) is 0 Å². The maximum atomic E-state index is 8.97. The van der Waals surface area contributed by atoms with Gasteiger partial charge in [-0.1, -0.05) is 35.4 Å². The molecular formula is C10H11N3OS. The fourth-order valence-electron chi connectivity index (χ4n) is 1.25. The van der Waals surface area contributed by atoms with Gasteiger partial charge in [-0.05, 0) is 23.3 Å². The molecule has 5 heteroatoms. The molecule has 15 heavy (non-hydrogen) atoms. The second-order valence-electron chi connectivity index (χ2n) is 3.05. The molecule has 78 valence electrons. The summed E-state index contributed by atoms with van der Waals surface area (Å²) in [4.78, 5) is 0. The van der Waals surface area contributed by atoms with E-state index in [0.717, 1.165) is 24.3 Å². The van der Waals surface area contributed by atoms with Crippen molar-refractivity contribution in [1.82, 2.24) is 10.2 Å². The second-order valence-corrected chi connectivity index (χ2v) is 4.01. The first-order valence-corrected chi connectivity index (χ1v) is 5.46. The number of nitrogens with one attached hydrogen (secondary N) is 1. The zero-order chi connectivity index (χ0) is 10.5.